The summed E-state index contributed by atoms with van der Waals surface area (Å²) in [6.07, 6.45) is 1.49. The highest BCUT2D eigenvalue weighted by Gasteiger charge is 2.07. The summed E-state index contributed by atoms with van der Waals surface area (Å²) in [5.41, 5.74) is 1.15. The maximum absolute atomic E-state index is 9.16. The second-order valence-corrected chi connectivity index (χ2v) is 3.41. The lowest BCUT2D eigenvalue weighted by molar-refractivity contribution is 0.473. The van der Waals surface area contributed by atoms with Crippen molar-refractivity contribution in [3.63, 3.8) is 0 Å². The minimum Gasteiger partial charge on any atom is -0.508 e. The lowest BCUT2D eigenvalue weighted by atomic mass is 10.0. The Morgan fingerprint density at radius 3 is 2.60 bits per heavy atom. The minimum atomic E-state index is 0.263. The summed E-state index contributed by atoms with van der Waals surface area (Å²) in [5, 5.41) is 20.9. The number of nitriles is 1. The van der Waals surface area contributed by atoms with Gasteiger partial charge in [0.1, 0.15) is 5.75 Å². The summed E-state index contributed by atoms with van der Waals surface area (Å²) in [4.78, 5) is 0. The number of nitrogens with zero attached hydrogens (tertiary/aromatic N) is 1. The SMILES string of the molecule is CCC(NCCC#N)c1ccc(O)cc1. The molecule has 0 amide bonds. The van der Waals surface area contributed by atoms with E-state index in [9.17, 15) is 0 Å². The van der Waals surface area contributed by atoms with Gasteiger partial charge in [-0.2, -0.15) is 5.26 Å². The molecular weight excluding hydrogens is 188 g/mol. The summed E-state index contributed by atoms with van der Waals surface area (Å²) < 4.78 is 0. The van der Waals surface area contributed by atoms with Crippen LogP contribution in [0.2, 0.25) is 0 Å². The van der Waals surface area contributed by atoms with Crippen LogP contribution in [0.1, 0.15) is 31.4 Å². The number of benzene rings is 1. The molecule has 0 saturated heterocycles. The van der Waals surface area contributed by atoms with E-state index in [2.05, 4.69) is 18.3 Å². The Bertz CT molecular complexity index is 326. The second kappa shape index (κ2) is 6.05. The summed E-state index contributed by atoms with van der Waals surface area (Å²) in [6.45, 7) is 2.80. The maximum Gasteiger partial charge on any atom is 0.115 e. The first-order valence-corrected chi connectivity index (χ1v) is 5.17. The largest absolute Gasteiger partial charge is 0.508 e. The zero-order chi connectivity index (χ0) is 11.1. The van der Waals surface area contributed by atoms with Crippen molar-refractivity contribution >= 4 is 0 Å². The standard InChI is InChI=1S/C12H16N2O/c1-2-12(14-9-3-8-13)10-4-6-11(15)7-5-10/h4-7,12,14-15H,2-3,9H2,1H3. The molecule has 2 N–H and O–H groups in total. The number of rotatable bonds is 5. The molecular formula is C12H16N2O. The van der Waals surface area contributed by atoms with Crippen LogP contribution in [-0.2, 0) is 0 Å². The van der Waals surface area contributed by atoms with E-state index in [0.29, 0.717) is 13.0 Å². The number of hydrogen-bond acceptors (Lipinski definition) is 3. The van der Waals surface area contributed by atoms with Gasteiger partial charge in [-0.15, -0.1) is 0 Å². The fraction of sp³-hybridized carbons (Fsp3) is 0.417. The Kier molecular flexibility index (Phi) is 4.65. The minimum absolute atomic E-state index is 0.263. The van der Waals surface area contributed by atoms with E-state index in [-0.39, 0.29) is 11.8 Å². The molecule has 0 spiro atoms. The molecule has 0 radical (unpaired) electrons. The topological polar surface area (TPSA) is 56.0 Å². The van der Waals surface area contributed by atoms with Crippen molar-refractivity contribution < 1.29 is 5.11 Å². The van der Waals surface area contributed by atoms with Gasteiger partial charge >= 0.3 is 0 Å². The molecule has 0 aliphatic carbocycles. The Balaban J connectivity index is 2.58. The molecule has 1 unspecified atom stereocenters. The highest BCUT2D eigenvalue weighted by molar-refractivity contribution is 5.27. The molecule has 1 aromatic rings. The molecule has 0 aliphatic rings. The zero-order valence-electron chi connectivity index (χ0n) is 8.90. The van der Waals surface area contributed by atoms with Crippen LogP contribution < -0.4 is 5.32 Å². The first-order valence-electron chi connectivity index (χ1n) is 5.17. The summed E-state index contributed by atoms with van der Waals surface area (Å²) in [7, 11) is 0. The summed E-state index contributed by atoms with van der Waals surface area (Å²) in [5.74, 6) is 0.283. The van der Waals surface area contributed by atoms with Gasteiger partial charge in [0.15, 0.2) is 0 Å². The van der Waals surface area contributed by atoms with E-state index in [1.54, 1.807) is 12.1 Å². The zero-order valence-corrected chi connectivity index (χ0v) is 8.90. The molecule has 0 bridgehead atoms. The van der Waals surface area contributed by atoms with E-state index in [1.165, 1.54) is 0 Å². The van der Waals surface area contributed by atoms with Gasteiger partial charge in [-0.3, -0.25) is 0 Å². The van der Waals surface area contributed by atoms with Crippen LogP contribution in [0.4, 0.5) is 0 Å². The van der Waals surface area contributed by atoms with Crippen molar-refractivity contribution in [3.8, 4) is 11.8 Å². The third kappa shape index (κ3) is 3.61. The quantitative estimate of drug-likeness (QED) is 0.724. The molecule has 0 aliphatic heterocycles. The van der Waals surface area contributed by atoms with Gasteiger partial charge in [0.2, 0.25) is 0 Å². The number of aromatic hydroxyl groups is 1. The fourth-order valence-electron chi connectivity index (χ4n) is 1.51. The average molecular weight is 204 g/mol. The highest BCUT2D eigenvalue weighted by Crippen LogP contribution is 2.19. The first kappa shape index (κ1) is 11.5. The lowest BCUT2D eigenvalue weighted by Crippen LogP contribution is -2.21. The molecule has 1 rings (SSSR count). The molecule has 0 heterocycles. The Labute approximate surface area is 90.4 Å². The van der Waals surface area contributed by atoms with Gasteiger partial charge in [0.25, 0.3) is 0 Å². The predicted octanol–water partition coefficient (Wildman–Crippen LogP) is 2.35. The van der Waals surface area contributed by atoms with Crippen LogP contribution in [0.15, 0.2) is 24.3 Å². The summed E-state index contributed by atoms with van der Waals surface area (Å²) in [6, 6.07) is 9.55. The molecule has 3 heteroatoms. The van der Waals surface area contributed by atoms with Gasteiger partial charge in [-0.05, 0) is 24.1 Å². The highest BCUT2D eigenvalue weighted by atomic mass is 16.3. The van der Waals surface area contributed by atoms with Crippen LogP contribution >= 0.6 is 0 Å². The van der Waals surface area contributed by atoms with Crippen molar-refractivity contribution in [2.24, 2.45) is 0 Å². The number of phenols is 1. The predicted molar refractivity (Wildman–Crippen MR) is 59.4 cm³/mol. The van der Waals surface area contributed by atoms with Crippen LogP contribution in [-0.4, -0.2) is 11.7 Å². The monoisotopic (exact) mass is 204 g/mol. The lowest BCUT2D eigenvalue weighted by Gasteiger charge is -2.16. The van der Waals surface area contributed by atoms with E-state index in [4.69, 9.17) is 10.4 Å². The number of nitrogens with one attached hydrogen (secondary N) is 1. The van der Waals surface area contributed by atoms with Crippen molar-refractivity contribution in [1.29, 1.82) is 5.26 Å². The molecule has 15 heavy (non-hydrogen) atoms. The number of hydrogen-bond donors (Lipinski definition) is 2. The third-order valence-corrected chi connectivity index (χ3v) is 2.33. The number of phenolic OH excluding ortho intramolecular Hbond substituents is 1. The molecule has 0 aromatic heterocycles. The van der Waals surface area contributed by atoms with Crippen LogP contribution in [0.5, 0.6) is 5.75 Å². The van der Waals surface area contributed by atoms with E-state index in [0.717, 1.165) is 12.0 Å². The Morgan fingerprint density at radius 1 is 1.40 bits per heavy atom. The van der Waals surface area contributed by atoms with E-state index < -0.39 is 0 Å². The third-order valence-electron chi connectivity index (χ3n) is 2.33. The van der Waals surface area contributed by atoms with Gasteiger partial charge in [0.05, 0.1) is 6.07 Å². The average Bonchev–Trinajstić information content (AvgIpc) is 2.26. The van der Waals surface area contributed by atoms with Gasteiger partial charge in [-0.25, -0.2) is 0 Å². The van der Waals surface area contributed by atoms with Crippen molar-refractivity contribution in [2.45, 2.75) is 25.8 Å². The summed E-state index contributed by atoms with van der Waals surface area (Å²) >= 11 is 0. The van der Waals surface area contributed by atoms with E-state index >= 15 is 0 Å². The first-order chi connectivity index (χ1) is 7.27. The Hall–Kier alpha value is -1.53. The smallest absolute Gasteiger partial charge is 0.115 e. The van der Waals surface area contributed by atoms with E-state index in [1.807, 2.05) is 12.1 Å². The molecule has 0 saturated carbocycles. The van der Waals surface area contributed by atoms with Gasteiger partial charge in [-0.1, -0.05) is 19.1 Å². The molecule has 1 aromatic carbocycles. The molecule has 3 nitrogen and oxygen atoms in total. The van der Waals surface area contributed by atoms with Gasteiger partial charge < -0.3 is 10.4 Å². The fourth-order valence-corrected chi connectivity index (χ4v) is 1.51. The van der Waals surface area contributed by atoms with Crippen LogP contribution in [0.25, 0.3) is 0 Å². The second-order valence-electron chi connectivity index (χ2n) is 3.41. The van der Waals surface area contributed by atoms with Crippen molar-refractivity contribution in [2.75, 3.05) is 6.54 Å². The van der Waals surface area contributed by atoms with Gasteiger partial charge in [0, 0.05) is 19.0 Å². The molecule has 0 fully saturated rings. The van der Waals surface area contributed by atoms with Crippen LogP contribution in [0, 0.1) is 11.3 Å². The molecule has 80 valence electrons. The maximum atomic E-state index is 9.16. The normalized spacial score (nSPS) is 12.0. The van der Waals surface area contributed by atoms with Crippen molar-refractivity contribution in [3.05, 3.63) is 29.8 Å². The molecule has 1 atom stereocenters. The Morgan fingerprint density at radius 2 is 2.07 bits per heavy atom. The van der Waals surface area contributed by atoms with Crippen molar-refractivity contribution in [1.82, 2.24) is 5.32 Å². The van der Waals surface area contributed by atoms with Crippen LogP contribution in [0.3, 0.4) is 0 Å².